The fraction of sp³-hybridized carbons (Fsp3) is 0. The van der Waals surface area contributed by atoms with Crippen LogP contribution in [0.25, 0.3) is 10.8 Å². The first kappa shape index (κ1) is 11.9. The van der Waals surface area contributed by atoms with E-state index in [1.807, 2.05) is 54.6 Å². The number of nitrogen functional groups attached to an aromatic ring is 1. The Morgan fingerprint density at radius 3 is 2.21 bits per heavy atom. The molecule has 0 unspecified atom stereocenters. The summed E-state index contributed by atoms with van der Waals surface area (Å²) < 4.78 is 5.89. The van der Waals surface area contributed by atoms with Crippen molar-refractivity contribution in [3.05, 3.63) is 65.7 Å². The maximum Gasteiger partial charge on any atom is 0.153 e. The highest BCUT2D eigenvalue weighted by Gasteiger charge is 2.11. The fourth-order valence-corrected chi connectivity index (χ4v) is 2.31. The normalized spacial score (nSPS) is 10.6. The Hall–Kier alpha value is -2.19. The van der Waals surface area contributed by atoms with E-state index in [4.69, 9.17) is 22.1 Å². The first-order valence-electron chi connectivity index (χ1n) is 5.95. The summed E-state index contributed by atoms with van der Waals surface area (Å²) in [6, 6.07) is 19.1. The van der Waals surface area contributed by atoms with Crippen molar-refractivity contribution in [1.82, 2.24) is 0 Å². The van der Waals surface area contributed by atoms with Gasteiger partial charge in [-0.3, -0.25) is 0 Å². The second-order valence-electron chi connectivity index (χ2n) is 4.24. The van der Waals surface area contributed by atoms with Crippen LogP contribution < -0.4 is 10.5 Å². The van der Waals surface area contributed by atoms with Gasteiger partial charge in [-0.25, -0.2) is 0 Å². The van der Waals surface area contributed by atoms with Gasteiger partial charge in [0.1, 0.15) is 5.75 Å². The van der Waals surface area contributed by atoms with Crippen molar-refractivity contribution < 1.29 is 4.74 Å². The average Bonchev–Trinajstić information content (AvgIpc) is 2.45. The van der Waals surface area contributed by atoms with Gasteiger partial charge < -0.3 is 10.5 Å². The largest absolute Gasteiger partial charge is 0.455 e. The molecule has 3 rings (SSSR count). The average molecular weight is 270 g/mol. The van der Waals surface area contributed by atoms with Gasteiger partial charge in [-0.05, 0) is 18.2 Å². The highest BCUT2D eigenvalue weighted by atomic mass is 35.5. The molecule has 94 valence electrons. The topological polar surface area (TPSA) is 35.2 Å². The molecular formula is C16H12ClNO. The van der Waals surface area contributed by atoms with Gasteiger partial charge in [0.05, 0.1) is 5.02 Å². The lowest BCUT2D eigenvalue weighted by Gasteiger charge is -2.12. The smallest absolute Gasteiger partial charge is 0.153 e. The maximum absolute atomic E-state index is 6.25. The number of halogens is 1. The van der Waals surface area contributed by atoms with Crippen LogP contribution in [0.5, 0.6) is 11.5 Å². The molecule has 19 heavy (non-hydrogen) atoms. The van der Waals surface area contributed by atoms with Gasteiger partial charge in [-0.2, -0.15) is 0 Å². The molecule has 0 radical (unpaired) electrons. The third kappa shape index (κ3) is 2.23. The number of nitrogens with two attached hydrogens (primary N) is 1. The first-order valence-corrected chi connectivity index (χ1v) is 6.33. The molecular weight excluding hydrogens is 258 g/mol. The third-order valence-corrected chi connectivity index (χ3v) is 3.23. The van der Waals surface area contributed by atoms with Crippen LogP contribution in [0.15, 0.2) is 60.7 Å². The van der Waals surface area contributed by atoms with Gasteiger partial charge in [0.25, 0.3) is 0 Å². The second kappa shape index (κ2) is 4.82. The quantitative estimate of drug-likeness (QED) is 0.674. The Labute approximate surface area is 116 Å². The fourth-order valence-electron chi connectivity index (χ4n) is 2.05. The summed E-state index contributed by atoms with van der Waals surface area (Å²) in [7, 11) is 0. The van der Waals surface area contributed by atoms with E-state index in [-0.39, 0.29) is 0 Å². The van der Waals surface area contributed by atoms with Crippen molar-refractivity contribution in [2.24, 2.45) is 0 Å². The van der Waals surface area contributed by atoms with Gasteiger partial charge in [0.2, 0.25) is 0 Å². The first-order chi connectivity index (χ1) is 9.25. The van der Waals surface area contributed by atoms with Crippen molar-refractivity contribution in [3.63, 3.8) is 0 Å². The van der Waals surface area contributed by atoms with Crippen molar-refractivity contribution in [3.8, 4) is 11.5 Å². The molecule has 0 amide bonds. The summed E-state index contributed by atoms with van der Waals surface area (Å²) in [5, 5.41) is 2.37. The molecule has 2 nitrogen and oxygen atoms in total. The monoisotopic (exact) mass is 269 g/mol. The Bertz CT molecular complexity index is 725. The number of hydrogen-bond donors (Lipinski definition) is 1. The molecule has 0 aliphatic carbocycles. The molecule has 0 spiro atoms. The molecule has 3 aromatic rings. The lowest BCUT2D eigenvalue weighted by Crippen LogP contribution is -1.92. The molecule has 2 N–H and O–H groups in total. The van der Waals surface area contributed by atoms with Crippen LogP contribution in [-0.2, 0) is 0 Å². The Morgan fingerprint density at radius 2 is 1.47 bits per heavy atom. The number of anilines is 1. The van der Waals surface area contributed by atoms with Crippen molar-refractivity contribution in [2.45, 2.75) is 0 Å². The minimum atomic E-state index is 0.514. The van der Waals surface area contributed by atoms with Crippen molar-refractivity contribution in [2.75, 3.05) is 5.73 Å². The number of para-hydroxylation sites is 1. The van der Waals surface area contributed by atoms with Crippen LogP contribution >= 0.6 is 11.6 Å². The number of benzene rings is 3. The predicted octanol–water partition coefficient (Wildman–Crippen LogP) is 4.87. The van der Waals surface area contributed by atoms with E-state index in [9.17, 15) is 0 Å². The minimum absolute atomic E-state index is 0.514. The molecule has 0 aliphatic rings. The van der Waals surface area contributed by atoms with Crippen LogP contribution in [-0.4, -0.2) is 0 Å². The molecule has 0 aromatic heterocycles. The number of ether oxygens (including phenoxy) is 1. The summed E-state index contributed by atoms with van der Waals surface area (Å²) in [5.41, 5.74) is 6.63. The zero-order valence-electron chi connectivity index (χ0n) is 10.1. The van der Waals surface area contributed by atoms with E-state index in [1.54, 1.807) is 6.07 Å². The maximum atomic E-state index is 6.25. The van der Waals surface area contributed by atoms with Crippen LogP contribution in [0.1, 0.15) is 0 Å². The van der Waals surface area contributed by atoms with E-state index in [0.717, 1.165) is 16.5 Å². The molecule has 3 aromatic carbocycles. The van der Waals surface area contributed by atoms with Crippen LogP contribution in [0.3, 0.4) is 0 Å². The zero-order valence-corrected chi connectivity index (χ0v) is 10.9. The predicted molar refractivity (Wildman–Crippen MR) is 79.9 cm³/mol. The summed E-state index contributed by atoms with van der Waals surface area (Å²) in [6.45, 7) is 0. The highest BCUT2D eigenvalue weighted by molar-refractivity contribution is 6.34. The van der Waals surface area contributed by atoms with Crippen molar-refractivity contribution >= 4 is 28.1 Å². The highest BCUT2D eigenvalue weighted by Crippen LogP contribution is 2.39. The van der Waals surface area contributed by atoms with Crippen molar-refractivity contribution in [1.29, 1.82) is 0 Å². The molecule has 0 aliphatic heterocycles. The van der Waals surface area contributed by atoms with E-state index >= 15 is 0 Å². The van der Waals surface area contributed by atoms with E-state index < -0.39 is 0 Å². The van der Waals surface area contributed by atoms with E-state index in [2.05, 4.69) is 0 Å². The molecule has 3 heteroatoms. The van der Waals surface area contributed by atoms with Gasteiger partial charge in [0.15, 0.2) is 5.75 Å². The summed E-state index contributed by atoms with van der Waals surface area (Å²) in [6.07, 6.45) is 0. The summed E-state index contributed by atoms with van der Waals surface area (Å²) >= 11 is 6.25. The summed E-state index contributed by atoms with van der Waals surface area (Å²) in [4.78, 5) is 0. The van der Waals surface area contributed by atoms with Gasteiger partial charge in [-0.15, -0.1) is 0 Å². The standard InChI is InChI=1S/C16H12ClNO/c17-14-10-15(18)12-8-4-5-9-13(12)16(14)19-11-6-2-1-3-7-11/h1-10H,18H2. The van der Waals surface area contributed by atoms with Gasteiger partial charge >= 0.3 is 0 Å². The van der Waals surface area contributed by atoms with Gasteiger partial charge in [-0.1, -0.05) is 54.1 Å². The molecule has 0 bridgehead atoms. The van der Waals surface area contributed by atoms with Crippen LogP contribution in [0.4, 0.5) is 5.69 Å². The minimum Gasteiger partial charge on any atom is -0.455 e. The SMILES string of the molecule is Nc1cc(Cl)c(Oc2ccccc2)c2ccccc12. The zero-order chi connectivity index (χ0) is 13.2. The molecule has 0 saturated heterocycles. The number of fused-ring (bicyclic) bond motifs is 1. The molecule has 0 saturated carbocycles. The Kier molecular flexibility index (Phi) is 3.02. The van der Waals surface area contributed by atoms with E-state index in [1.165, 1.54) is 0 Å². The number of hydrogen-bond acceptors (Lipinski definition) is 2. The lowest BCUT2D eigenvalue weighted by atomic mass is 10.1. The van der Waals surface area contributed by atoms with E-state index in [0.29, 0.717) is 16.5 Å². The Morgan fingerprint density at radius 1 is 0.842 bits per heavy atom. The summed E-state index contributed by atoms with van der Waals surface area (Å²) in [5.74, 6) is 1.39. The second-order valence-corrected chi connectivity index (χ2v) is 4.64. The van der Waals surface area contributed by atoms with Crippen LogP contribution in [0.2, 0.25) is 5.02 Å². The molecule has 0 heterocycles. The third-order valence-electron chi connectivity index (χ3n) is 2.94. The molecule has 0 fully saturated rings. The van der Waals surface area contributed by atoms with Gasteiger partial charge in [0, 0.05) is 16.5 Å². The van der Waals surface area contributed by atoms with Crippen LogP contribution in [0, 0.1) is 0 Å². The number of rotatable bonds is 2. The lowest BCUT2D eigenvalue weighted by molar-refractivity contribution is 0.488. The Balaban J connectivity index is 2.18. The molecule has 0 atom stereocenters.